The number of aryl methyl sites for hydroxylation is 2. The number of anilines is 2. The molecule has 0 aliphatic heterocycles. The Morgan fingerprint density at radius 1 is 0.593 bits per heavy atom. The standard InChI is InChI=1S/C21H24BrN5/c1-13-7-16(26(3)4)11-20(23-13)18-9-15(22)10-19(25-18)21-12-17(27(5)6)8-14(2)24-21/h7-12H,1-6H3. The average molecular weight is 426 g/mol. The summed E-state index contributed by atoms with van der Waals surface area (Å²) in [6.07, 6.45) is 0. The minimum atomic E-state index is 0.820. The smallest absolute Gasteiger partial charge is 0.0910 e. The second-order valence-electron chi connectivity index (χ2n) is 7.05. The van der Waals surface area contributed by atoms with Crippen LogP contribution in [0.25, 0.3) is 22.8 Å². The number of rotatable bonds is 4. The Kier molecular flexibility index (Phi) is 5.46. The number of nitrogens with zero attached hydrogens (tertiary/aromatic N) is 5. The van der Waals surface area contributed by atoms with Gasteiger partial charge in [0.05, 0.1) is 22.8 Å². The molecule has 3 aromatic rings. The molecule has 0 aromatic carbocycles. The summed E-state index contributed by atoms with van der Waals surface area (Å²) >= 11 is 3.62. The van der Waals surface area contributed by atoms with Gasteiger partial charge in [0.15, 0.2) is 0 Å². The third kappa shape index (κ3) is 4.45. The van der Waals surface area contributed by atoms with E-state index in [9.17, 15) is 0 Å². The van der Waals surface area contributed by atoms with Gasteiger partial charge in [-0.3, -0.25) is 9.97 Å². The van der Waals surface area contributed by atoms with E-state index in [2.05, 4.69) is 60.0 Å². The van der Waals surface area contributed by atoms with Gasteiger partial charge in [-0.1, -0.05) is 15.9 Å². The van der Waals surface area contributed by atoms with Crippen LogP contribution in [0.1, 0.15) is 11.4 Å². The first-order chi connectivity index (χ1) is 12.7. The van der Waals surface area contributed by atoms with Crippen molar-refractivity contribution in [3.63, 3.8) is 0 Å². The summed E-state index contributed by atoms with van der Waals surface area (Å²) in [6.45, 7) is 4.00. The molecule has 0 radical (unpaired) electrons. The molecule has 0 N–H and O–H groups in total. The predicted octanol–water partition coefficient (Wildman–Crippen LogP) is 4.72. The molecule has 0 aliphatic carbocycles. The monoisotopic (exact) mass is 425 g/mol. The number of aromatic nitrogens is 3. The van der Waals surface area contributed by atoms with Gasteiger partial charge >= 0.3 is 0 Å². The number of pyridine rings is 3. The lowest BCUT2D eigenvalue weighted by Gasteiger charge is -2.16. The Morgan fingerprint density at radius 3 is 1.33 bits per heavy atom. The van der Waals surface area contributed by atoms with Crippen LogP contribution in [0.2, 0.25) is 0 Å². The lowest BCUT2D eigenvalue weighted by molar-refractivity contribution is 1.09. The molecule has 0 aliphatic rings. The van der Waals surface area contributed by atoms with E-state index in [-0.39, 0.29) is 0 Å². The van der Waals surface area contributed by atoms with Crippen LogP contribution in [0.15, 0.2) is 40.9 Å². The zero-order valence-corrected chi connectivity index (χ0v) is 18.2. The highest BCUT2D eigenvalue weighted by Crippen LogP contribution is 2.29. The van der Waals surface area contributed by atoms with Crippen molar-refractivity contribution in [2.45, 2.75) is 13.8 Å². The summed E-state index contributed by atoms with van der Waals surface area (Å²) in [5.74, 6) is 0. The Balaban J connectivity index is 2.14. The normalized spacial score (nSPS) is 10.8. The molecule has 0 saturated heterocycles. The topological polar surface area (TPSA) is 45.2 Å². The van der Waals surface area contributed by atoms with Crippen molar-refractivity contribution in [3.05, 3.63) is 52.3 Å². The maximum atomic E-state index is 4.87. The second-order valence-corrected chi connectivity index (χ2v) is 7.96. The molecule has 3 heterocycles. The van der Waals surface area contributed by atoms with E-state index < -0.39 is 0 Å². The van der Waals surface area contributed by atoms with Crippen molar-refractivity contribution in [2.24, 2.45) is 0 Å². The Hall–Kier alpha value is -2.47. The van der Waals surface area contributed by atoms with Crippen LogP contribution in [-0.2, 0) is 0 Å². The molecule has 6 heteroatoms. The van der Waals surface area contributed by atoms with Gasteiger partial charge in [-0.25, -0.2) is 4.98 Å². The highest BCUT2D eigenvalue weighted by atomic mass is 79.9. The largest absolute Gasteiger partial charge is 0.378 e. The van der Waals surface area contributed by atoms with E-state index in [1.807, 2.05) is 54.2 Å². The van der Waals surface area contributed by atoms with Crippen molar-refractivity contribution >= 4 is 27.3 Å². The quantitative estimate of drug-likeness (QED) is 0.604. The fourth-order valence-electron chi connectivity index (χ4n) is 2.84. The molecule has 27 heavy (non-hydrogen) atoms. The molecule has 140 valence electrons. The van der Waals surface area contributed by atoms with Gasteiger partial charge in [-0.15, -0.1) is 0 Å². The zero-order chi connectivity index (χ0) is 19.7. The van der Waals surface area contributed by atoms with Crippen LogP contribution < -0.4 is 9.80 Å². The third-order valence-electron chi connectivity index (χ3n) is 4.22. The van der Waals surface area contributed by atoms with Gasteiger partial charge in [0.1, 0.15) is 0 Å². The summed E-state index contributed by atoms with van der Waals surface area (Å²) in [5, 5.41) is 0. The van der Waals surface area contributed by atoms with Crippen LogP contribution >= 0.6 is 15.9 Å². The molecule has 5 nitrogen and oxygen atoms in total. The van der Waals surface area contributed by atoms with Crippen LogP contribution in [0.3, 0.4) is 0 Å². The van der Waals surface area contributed by atoms with Crippen molar-refractivity contribution in [2.75, 3.05) is 38.0 Å². The van der Waals surface area contributed by atoms with Gasteiger partial charge in [0, 0.05) is 55.4 Å². The lowest BCUT2D eigenvalue weighted by Crippen LogP contribution is -2.10. The minimum Gasteiger partial charge on any atom is -0.378 e. The fraction of sp³-hybridized carbons (Fsp3) is 0.286. The van der Waals surface area contributed by atoms with Crippen LogP contribution in [0, 0.1) is 13.8 Å². The summed E-state index contributed by atoms with van der Waals surface area (Å²) in [7, 11) is 8.10. The SMILES string of the molecule is Cc1cc(N(C)C)cc(-c2cc(Br)cc(-c3cc(N(C)C)cc(C)n3)n2)n1. The summed E-state index contributed by atoms with van der Waals surface area (Å²) < 4.78 is 0.951. The van der Waals surface area contributed by atoms with E-state index in [1.54, 1.807) is 0 Å². The Morgan fingerprint density at radius 2 is 0.963 bits per heavy atom. The molecule has 0 unspecified atom stereocenters. The summed E-state index contributed by atoms with van der Waals surface area (Å²) in [5.41, 5.74) is 7.46. The van der Waals surface area contributed by atoms with Gasteiger partial charge in [0.25, 0.3) is 0 Å². The number of hydrogen-bond acceptors (Lipinski definition) is 5. The van der Waals surface area contributed by atoms with Crippen molar-refractivity contribution in [1.29, 1.82) is 0 Å². The van der Waals surface area contributed by atoms with E-state index in [0.29, 0.717) is 0 Å². The van der Waals surface area contributed by atoms with Gasteiger partial charge in [-0.05, 0) is 50.2 Å². The molecule has 0 atom stereocenters. The van der Waals surface area contributed by atoms with Crippen molar-refractivity contribution in [1.82, 2.24) is 15.0 Å². The average Bonchev–Trinajstić information content (AvgIpc) is 2.60. The summed E-state index contributed by atoms with van der Waals surface area (Å²) in [4.78, 5) is 18.4. The van der Waals surface area contributed by atoms with Crippen LogP contribution in [0.5, 0.6) is 0 Å². The van der Waals surface area contributed by atoms with Gasteiger partial charge in [0.2, 0.25) is 0 Å². The zero-order valence-electron chi connectivity index (χ0n) is 16.6. The Bertz CT molecular complexity index is 907. The molecular weight excluding hydrogens is 402 g/mol. The first-order valence-corrected chi connectivity index (χ1v) is 9.52. The van der Waals surface area contributed by atoms with E-state index >= 15 is 0 Å². The molecule has 0 fully saturated rings. The second kappa shape index (κ2) is 7.64. The lowest BCUT2D eigenvalue weighted by atomic mass is 10.1. The van der Waals surface area contributed by atoms with E-state index in [1.165, 1.54) is 0 Å². The molecule has 0 bridgehead atoms. The van der Waals surface area contributed by atoms with Gasteiger partial charge < -0.3 is 9.80 Å². The highest BCUT2D eigenvalue weighted by Gasteiger charge is 2.12. The maximum Gasteiger partial charge on any atom is 0.0910 e. The summed E-state index contributed by atoms with van der Waals surface area (Å²) in [6, 6.07) is 12.2. The molecule has 0 spiro atoms. The molecule has 3 aromatic heterocycles. The van der Waals surface area contributed by atoms with Gasteiger partial charge in [-0.2, -0.15) is 0 Å². The predicted molar refractivity (Wildman–Crippen MR) is 117 cm³/mol. The number of hydrogen-bond donors (Lipinski definition) is 0. The van der Waals surface area contributed by atoms with Crippen LogP contribution in [-0.4, -0.2) is 43.1 Å². The third-order valence-corrected chi connectivity index (χ3v) is 4.68. The maximum absolute atomic E-state index is 4.87. The first kappa shape index (κ1) is 19.3. The molecule has 3 rings (SSSR count). The van der Waals surface area contributed by atoms with E-state index in [4.69, 9.17) is 4.98 Å². The highest BCUT2D eigenvalue weighted by molar-refractivity contribution is 9.10. The minimum absolute atomic E-state index is 0.820. The molecular formula is C21H24BrN5. The molecule has 0 amide bonds. The Labute approximate surface area is 169 Å². The van der Waals surface area contributed by atoms with E-state index in [0.717, 1.165) is 50.0 Å². The number of halogens is 1. The first-order valence-electron chi connectivity index (χ1n) is 8.73. The van der Waals surface area contributed by atoms with Crippen molar-refractivity contribution in [3.8, 4) is 22.8 Å². The molecule has 0 saturated carbocycles. The van der Waals surface area contributed by atoms with Crippen LogP contribution in [0.4, 0.5) is 11.4 Å². The van der Waals surface area contributed by atoms with Crippen molar-refractivity contribution < 1.29 is 0 Å². The fourth-order valence-corrected chi connectivity index (χ4v) is 3.27.